The van der Waals surface area contributed by atoms with E-state index in [9.17, 15) is 9.00 Å². The lowest BCUT2D eigenvalue weighted by Gasteiger charge is -2.03. The molecule has 0 radical (unpaired) electrons. The van der Waals surface area contributed by atoms with Gasteiger partial charge in [-0.2, -0.15) is 0 Å². The van der Waals surface area contributed by atoms with Crippen LogP contribution < -0.4 is 0 Å². The second kappa shape index (κ2) is 7.22. The molecule has 0 aliphatic carbocycles. The van der Waals surface area contributed by atoms with Gasteiger partial charge in [0.05, 0.1) is 22.3 Å². The average Bonchev–Trinajstić information content (AvgIpc) is 2.76. The van der Waals surface area contributed by atoms with Crippen LogP contribution in [-0.4, -0.2) is 23.0 Å². The van der Waals surface area contributed by atoms with Gasteiger partial charge < -0.3 is 9.15 Å². The summed E-state index contributed by atoms with van der Waals surface area (Å²) in [6.45, 7) is 2.44. The summed E-state index contributed by atoms with van der Waals surface area (Å²) in [6, 6.07) is 5.49. The maximum absolute atomic E-state index is 12.0. The van der Waals surface area contributed by atoms with Crippen molar-refractivity contribution in [1.82, 2.24) is 0 Å². The number of fused-ring (bicyclic) bond motifs is 1. The molecule has 1 unspecified atom stereocenters. The molecule has 2 rings (SSSR count). The summed E-state index contributed by atoms with van der Waals surface area (Å²) in [5, 5.41) is 0.765. The Labute approximate surface area is 134 Å². The van der Waals surface area contributed by atoms with Crippen molar-refractivity contribution in [2.75, 3.05) is 12.9 Å². The van der Waals surface area contributed by atoms with E-state index >= 15 is 0 Å². The van der Waals surface area contributed by atoms with Gasteiger partial charge in [0.1, 0.15) is 17.8 Å². The molecule has 1 aromatic heterocycles. The monoisotopic (exact) mass is 372 g/mol. The highest BCUT2D eigenvalue weighted by Crippen LogP contribution is 2.31. The van der Waals surface area contributed by atoms with Crippen molar-refractivity contribution in [2.45, 2.75) is 31.1 Å². The lowest BCUT2D eigenvalue weighted by Crippen LogP contribution is -2.09. The minimum atomic E-state index is -1.24. The van der Waals surface area contributed by atoms with Gasteiger partial charge in [0.25, 0.3) is 0 Å². The Morgan fingerprint density at radius 2 is 2.19 bits per heavy atom. The lowest BCUT2D eigenvalue weighted by atomic mass is 10.2. The number of benzene rings is 1. The Bertz CT molecular complexity index is 678. The van der Waals surface area contributed by atoms with Crippen LogP contribution in [0.15, 0.2) is 32.0 Å². The van der Waals surface area contributed by atoms with Crippen molar-refractivity contribution in [1.29, 1.82) is 0 Å². The Kier molecular flexibility index (Phi) is 5.58. The number of unbranched alkanes of at least 4 members (excludes halogenated alkanes) is 1. The molecule has 114 valence electrons. The SMILES string of the molecule is CCCCOC(=O)Cc1oc2ccc(Br)cc2c1S(C)=O. The number of hydrogen-bond donors (Lipinski definition) is 0. The predicted molar refractivity (Wildman–Crippen MR) is 85.8 cm³/mol. The molecule has 0 amide bonds. The molecule has 21 heavy (non-hydrogen) atoms. The normalized spacial score (nSPS) is 12.5. The van der Waals surface area contributed by atoms with Crippen molar-refractivity contribution in [2.24, 2.45) is 0 Å². The van der Waals surface area contributed by atoms with Crippen LogP contribution in [0.3, 0.4) is 0 Å². The van der Waals surface area contributed by atoms with E-state index in [0.29, 0.717) is 22.8 Å². The van der Waals surface area contributed by atoms with Gasteiger partial charge >= 0.3 is 5.97 Å². The van der Waals surface area contributed by atoms with Gasteiger partial charge in [0, 0.05) is 16.1 Å². The molecule has 0 N–H and O–H groups in total. The highest BCUT2D eigenvalue weighted by Gasteiger charge is 2.20. The fraction of sp³-hybridized carbons (Fsp3) is 0.400. The van der Waals surface area contributed by atoms with Crippen molar-refractivity contribution in [3.8, 4) is 0 Å². The van der Waals surface area contributed by atoms with E-state index in [1.807, 2.05) is 19.1 Å². The summed E-state index contributed by atoms with van der Waals surface area (Å²) in [6.07, 6.45) is 3.39. The van der Waals surface area contributed by atoms with E-state index in [4.69, 9.17) is 9.15 Å². The summed E-state index contributed by atoms with van der Waals surface area (Å²) in [5.74, 6) is 0.0682. The van der Waals surface area contributed by atoms with Crippen LogP contribution in [0.25, 0.3) is 11.0 Å². The van der Waals surface area contributed by atoms with Crippen LogP contribution in [0.2, 0.25) is 0 Å². The highest BCUT2D eigenvalue weighted by molar-refractivity contribution is 9.10. The van der Waals surface area contributed by atoms with Gasteiger partial charge in [-0.3, -0.25) is 9.00 Å². The van der Waals surface area contributed by atoms with Gasteiger partial charge in [-0.1, -0.05) is 29.3 Å². The first-order valence-corrected chi connectivity index (χ1v) is 9.08. The van der Waals surface area contributed by atoms with E-state index in [0.717, 1.165) is 22.7 Å². The van der Waals surface area contributed by atoms with Gasteiger partial charge in [0.2, 0.25) is 0 Å². The molecule has 1 heterocycles. The van der Waals surface area contributed by atoms with Crippen LogP contribution in [0, 0.1) is 0 Å². The highest BCUT2D eigenvalue weighted by atomic mass is 79.9. The maximum Gasteiger partial charge on any atom is 0.313 e. The zero-order valence-electron chi connectivity index (χ0n) is 12.0. The maximum atomic E-state index is 12.0. The lowest BCUT2D eigenvalue weighted by molar-refractivity contribution is -0.143. The molecule has 0 bridgehead atoms. The van der Waals surface area contributed by atoms with Crippen LogP contribution in [0.4, 0.5) is 0 Å². The van der Waals surface area contributed by atoms with E-state index in [-0.39, 0.29) is 12.4 Å². The first-order chi connectivity index (χ1) is 10.0. The molecule has 0 fully saturated rings. The van der Waals surface area contributed by atoms with Crippen molar-refractivity contribution in [3.05, 3.63) is 28.4 Å². The second-order valence-electron chi connectivity index (χ2n) is 4.70. The molecule has 4 nitrogen and oxygen atoms in total. The Hall–Kier alpha value is -1.14. The number of esters is 1. The Balaban J connectivity index is 2.28. The largest absolute Gasteiger partial charge is 0.465 e. The van der Waals surface area contributed by atoms with Crippen LogP contribution in [-0.2, 0) is 26.8 Å². The number of carbonyl (C=O) groups excluding carboxylic acids is 1. The number of carbonyl (C=O) groups is 1. The van der Waals surface area contributed by atoms with E-state index in [1.165, 1.54) is 0 Å². The summed E-state index contributed by atoms with van der Waals surface area (Å²) in [7, 11) is -1.24. The predicted octanol–water partition coefficient (Wildman–Crippen LogP) is 3.82. The smallest absolute Gasteiger partial charge is 0.313 e. The summed E-state index contributed by atoms with van der Waals surface area (Å²) in [4.78, 5) is 12.4. The molecule has 1 aromatic carbocycles. The van der Waals surface area contributed by atoms with Gasteiger partial charge in [-0.25, -0.2) is 0 Å². The fourth-order valence-electron chi connectivity index (χ4n) is 2.04. The van der Waals surface area contributed by atoms with Crippen molar-refractivity contribution < 1.29 is 18.2 Å². The average molecular weight is 373 g/mol. The molecular formula is C15H17BrO4S. The van der Waals surface area contributed by atoms with Crippen LogP contribution in [0.1, 0.15) is 25.5 Å². The molecule has 0 aliphatic rings. The number of rotatable bonds is 6. The first kappa shape index (κ1) is 16.2. The number of ether oxygens (including phenoxy) is 1. The third-order valence-electron chi connectivity index (χ3n) is 3.03. The van der Waals surface area contributed by atoms with Gasteiger partial charge in [0.15, 0.2) is 0 Å². The molecular weight excluding hydrogens is 356 g/mol. The van der Waals surface area contributed by atoms with Crippen molar-refractivity contribution >= 4 is 43.7 Å². The summed E-state index contributed by atoms with van der Waals surface area (Å²) in [5.41, 5.74) is 0.625. The molecule has 2 aromatic rings. The quantitative estimate of drug-likeness (QED) is 0.571. The zero-order chi connectivity index (χ0) is 15.4. The van der Waals surface area contributed by atoms with Crippen LogP contribution >= 0.6 is 15.9 Å². The van der Waals surface area contributed by atoms with Crippen molar-refractivity contribution in [3.63, 3.8) is 0 Å². The minimum absolute atomic E-state index is 0.00489. The summed E-state index contributed by atoms with van der Waals surface area (Å²) < 4.78 is 23.7. The summed E-state index contributed by atoms with van der Waals surface area (Å²) >= 11 is 3.39. The zero-order valence-corrected chi connectivity index (χ0v) is 14.4. The van der Waals surface area contributed by atoms with E-state index in [1.54, 1.807) is 12.3 Å². The third-order valence-corrected chi connectivity index (χ3v) is 4.54. The molecule has 0 saturated heterocycles. The van der Waals surface area contributed by atoms with E-state index in [2.05, 4.69) is 15.9 Å². The molecule has 0 spiro atoms. The van der Waals surface area contributed by atoms with Gasteiger partial charge in [-0.15, -0.1) is 0 Å². The topological polar surface area (TPSA) is 56.5 Å². The van der Waals surface area contributed by atoms with Crippen LogP contribution in [0.5, 0.6) is 0 Å². The number of halogens is 1. The number of hydrogen-bond acceptors (Lipinski definition) is 4. The Morgan fingerprint density at radius 3 is 2.86 bits per heavy atom. The Morgan fingerprint density at radius 1 is 1.43 bits per heavy atom. The minimum Gasteiger partial charge on any atom is -0.465 e. The molecule has 0 aliphatic heterocycles. The fourth-order valence-corrected chi connectivity index (χ4v) is 3.31. The molecule has 1 atom stereocenters. The first-order valence-electron chi connectivity index (χ1n) is 6.73. The molecule has 6 heteroatoms. The van der Waals surface area contributed by atoms with Gasteiger partial charge in [-0.05, 0) is 24.6 Å². The molecule has 0 saturated carbocycles. The third kappa shape index (κ3) is 3.95. The standard InChI is InChI=1S/C15H17BrO4S/c1-3-4-7-19-14(17)9-13-15(21(2)18)11-8-10(16)5-6-12(11)20-13/h5-6,8H,3-4,7,9H2,1-2H3. The second-order valence-corrected chi connectivity index (χ2v) is 6.93. The number of furan rings is 1. The van der Waals surface area contributed by atoms with E-state index < -0.39 is 10.8 Å².